The summed E-state index contributed by atoms with van der Waals surface area (Å²) in [7, 11) is -2.00. The van der Waals surface area contributed by atoms with E-state index < -0.39 is 15.4 Å². The number of anilines is 2. The first-order chi connectivity index (χ1) is 9.26. The Morgan fingerprint density at radius 2 is 2.05 bits per heavy atom. The Kier molecular flexibility index (Phi) is 3.75. The topological polar surface area (TPSA) is 84.5 Å². The van der Waals surface area contributed by atoms with E-state index in [-0.39, 0.29) is 18.3 Å². The standard InChI is InChI=1S/C13H18N2O4S/c1-13(2)10-8-9(4-5-11(10)14-12(13)16)15-20(17,18)7-6-19-3/h4-5,8,15H,6-7H2,1-3H3,(H,14,16). The van der Waals surface area contributed by atoms with Crippen molar-refractivity contribution in [3.63, 3.8) is 0 Å². The van der Waals surface area contributed by atoms with Crippen molar-refractivity contribution in [1.29, 1.82) is 0 Å². The van der Waals surface area contributed by atoms with Crippen molar-refractivity contribution in [3.05, 3.63) is 23.8 Å². The van der Waals surface area contributed by atoms with E-state index in [1.54, 1.807) is 32.0 Å². The molecule has 20 heavy (non-hydrogen) atoms. The molecule has 7 heteroatoms. The average molecular weight is 298 g/mol. The number of ether oxygens (including phenoxy) is 1. The predicted molar refractivity (Wildman–Crippen MR) is 77.4 cm³/mol. The highest BCUT2D eigenvalue weighted by Crippen LogP contribution is 2.38. The third-order valence-electron chi connectivity index (χ3n) is 3.34. The van der Waals surface area contributed by atoms with Gasteiger partial charge in [-0.3, -0.25) is 9.52 Å². The van der Waals surface area contributed by atoms with Crippen LogP contribution in [0.4, 0.5) is 11.4 Å². The molecule has 1 amide bonds. The zero-order chi connectivity index (χ0) is 15.0. The highest BCUT2D eigenvalue weighted by atomic mass is 32.2. The van der Waals surface area contributed by atoms with E-state index in [0.717, 1.165) is 11.3 Å². The molecule has 110 valence electrons. The van der Waals surface area contributed by atoms with Crippen LogP contribution in [0.25, 0.3) is 0 Å². The molecule has 1 aliphatic rings. The van der Waals surface area contributed by atoms with Gasteiger partial charge in [-0.25, -0.2) is 8.42 Å². The lowest BCUT2D eigenvalue weighted by molar-refractivity contribution is -0.119. The molecular weight excluding hydrogens is 280 g/mol. The molecule has 0 unspecified atom stereocenters. The van der Waals surface area contributed by atoms with Crippen molar-refractivity contribution in [1.82, 2.24) is 0 Å². The fourth-order valence-electron chi connectivity index (χ4n) is 2.06. The molecule has 0 atom stereocenters. The molecule has 2 rings (SSSR count). The SMILES string of the molecule is COCCS(=O)(=O)Nc1ccc2c(c1)C(C)(C)C(=O)N2. The second-order valence-electron chi connectivity index (χ2n) is 5.25. The summed E-state index contributed by atoms with van der Waals surface area (Å²) >= 11 is 0. The summed E-state index contributed by atoms with van der Waals surface area (Å²) in [5.41, 5.74) is 1.29. The molecule has 2 N–H and O–H groups in total. The zero-order valence-corrected chi connectivity index (χ0v) is 12.5. The van der Waals surface area contributed by atoms with Crippen molar-refractivity contribution in [3.8, 4) is 0 Å². The summed E-state index contributed by atoms with van der Waals surface area (Å²) in [4.78, 5) is 11.8. The number of hydrogen-bond acceptors (Lipinski definition) is 4. The van der Waals surface area contributed by atoms with Crippen LogP contribution in [0.1, 0.15) is 19.4 Å². The summed E-state index contributed by atoms with van der Waals surface area (Å²) in [5.74, 6) is -0.201. The molecule has 1 aromatic rings. The van der Waals surface area contributed by atoms with E-state index in [0.29, 0.717) is 5.69 Å². The predicted octanol–water partition coefficient (Wildman–Crippen LogP) is 1.30. The Bertz CT molecular complexity index is 638. The first-order valence-corrected chi connectivity index (χ1v) is 7.87. The molecule has 0 aromatic heterocycles. The molecule has 0 bridgehead atoms. The smallest absolute Gasteiger partial charge is 0.234 e. The van der Waals surface area contributed by atoms with E-state index in [1.807, 2.05) is 0 Å². The molecule has 1 aromatic carbocycles. The van der Waals surface area contributed by atoms with Gasteiger partial charge in [0.15, 0.2) is 0 Å². The maximum atomic E-state index is 11.8. The molecule has 1 heterocycles. The molecule has 1 aliphatic heterocycles. The van der Waals surface area contributed by atoms with Crippen LogP contribution in [0.2, 0.25) is 0 Å². The summed E-state index contributed by atoms with van der Waals surface area (Å²) in [6.07, 6.45) is 0. The summed E-state index contributed by atoms with van der Waals surface area (Å²) in [6.45, 7) is 3.74. The number of fused-ring (bicyclic) bond motifs is 1. The molecule has 0 saturated heterocycles. The number of rotatable bonds is 5. The molecule has 6 nitrogen and oxygen atoms in total. The second-order valence-corrected chi connectivity index (χ2v) is 7.10. The maximum Gasteiger partial charge on any atom is 0.234 e. The first kappa shape index (κ1) is 14.8. The van der Waals surface area contributed by atoms with Gasteiger partial charge in [-0.05, 0) is 37.6 Å². The van der Waals surface area contributed by atoms with Crippen LogP contribution in [-0.4, -0.2) is 33.8 Å². The molecule has 0 saturated carbocycles. The van der Waals surface area contributed by atoms with Gasteiger partial charge in [-0.2, -0.15) is 0 Å². The van der Waals surface area contributed by atoms with Crippen LogP contribution >= 0.6 is 0 Å². The number of hydrogen-bond donors (Lipinski definition) is 2. The van der Waals surface area contributed by atoms with Gasteiger partial charge in [-0.15, -0.1) is 0 Å². The van der Waals surface area contributed by atoms with Gasteiger partial charge in [0.25, 0.3) is 0 Å². The van der Waals surface area contributed by atoms with Crippen LogP contribution in [0.5, 0.6) is 0 Å². The van der Waals surface area contributed by atoms with Gasteiger partial charge in [-0.1, -0.05) is 0 Å². The van der Waals surface area contributed by atoms with Crippen molar-refractivity contribution < 1.29 is 17.9 Å². The Hall–Kier alpha value is -1.60. The third-order valence-corrected chi connectivity index (χ3v) is 4.59. The molecular formula is C13H18N2O4S. The van der Waals surface area contributed by atoms with E-state index in [1.165, 1.54) is 7.11 Å². The van der Waals surface area contributed by atoms with Gasteiger partial charge in [0.1, 0.15) is 0 Å². The third kappa shape index (κ3) is 2.78. The minimum atomic E-state index is -3.45. The van der Waals surface area contributed by atoms with Crippen molar-refractivity contribution >= 4 is 27.3 Å². The molecule has 0 radical (unpaired) electrons. The fraction of sp³-hybridized carbons (Fsp3) is 0.462. The van der Waals surface area contributed by atoms with Gasteiger partial charge >= 0.3 is 0 Å². The number of methoxy groups -OCH3 is 1. The van der Waals surface area contributed by atoms with Crippen LogP contribution in [0.15, 0.2) is 18.2 Å². The summed E-state index contributed by atoms with van der Waals surface area (Å²) in [5, 5.41) is 2.78. The largest absolute Gasteiger partial charge is 0.384 e. The van der Waals surface area contributed by atoms with Gasteiger partial charge in [0, 0.05) is 18.5 Å². The number of amides is 1. The van der Waals surface area contributed by atoms with Crippen molar-refractivity contribution in [2.75, 3.05) is 29.5 Å². The number of sulfonamides is 1. The van der Waals surface area contributed by atoms with Crippen LogP contribution < -0.4 is 10.0 Å². The van der Waals surface area contributed by atoms with Gasteiger partial charge in [0.05, 0.1) is 17.8 Å². The molecule has 0 fully saturated rings. The van der Waals surface area contributed by atoms with E-state index in [4.69, 9.17) is 4.74 Å². The first-order valence-electron chi connectivity index (χ1n) is 6.22. The summed E-state index contributed by atoms with van der Waals surface area (Å²) in [6, 6.07) is 5.03. The molecule has 0 spiro atoms. The van der Waals surface area contributed by atoms with Crippen LogP contribution in [-0.2, 0) is 25.0 Å². The van der Waals surface area contributed by atoms with Crippen molar-refractivity contribution in [2.24, 2.45) is 0 Å². The zero-order valence-electron chi connectivity index (χ0n) is 11.7. The number of carbonyl (C=O) groups excluding carboxylic acids is 1. The van der Waals surface area contributed by atoms with E-state index in [2.05, 4.69) is 10.0 Å². The Morgan fingerprint density at radius 3 is 2.70 bits per heavy atom. The lowest BCUT2D eigenvalue weighted by atomic mass is 9.86. The molecule has 0 aliphatic carbocycles. The summed E-state index contributed by atoms with van der Waals surface area (Å²) < 4.78 is 30.9. The Morgan fingerprint density at radius 1 is 1.35 bits per heavy atom. The Balaban J connectivity index is 2.26. The fourth-order valence-corrected chi connectivity index (χ4v) is 3.03. The maximum absolute atomic E-state index is 11.8. The minimum absolute atomic E-state index is 0.0908. The number of nitrogens with one attached hydrogen (secondary N) is 2. The van der Waals surface area contributed by atoms with Crippen LogP contribution in [0, 0.1) is 0 Å². The second kappa shape index (κ2) is 5.06. The van der Waals surface area contributed by atoms with Crippen molar-refractivity contribution in [2.45, 2.75) is 19.3 Å². The number of benzene rings is 1. The van der Waals surface area contributed by atoms with Gasteiger partial charge < -0.3 is 10.1 Å². The van der Waals surface area contributed by atoms with Gasteiger partial charge in [0.2, 0.25) is 15.9 Å². The lowest BCUT2D eigenvalue weighted by Gasteiger charge is -2.16. The monoisotopic (exact) mass is 298 g/mol. The normalized spacial score (nSPS) is 16.6. The highest BCUT2D eigenvalue weighted by Gasteiger charge is 2.38. The van der Waals surface area contributed by atoms with E-state index in [9.17, 15) is 13.2 Å². The quantitative estimate of drug-likeness (QED) is 0.858. The minimum Gasteiger partial charge on any atom is -0.384 e. The highest BCUT2D eigenvalue weighted by molar-refractivity contribution is 7.92. The average Bonchev–Trinajstić information content (AvgIpc) is 2.58. The number of carbonyl (C=O) groups is 1. The van der Waals surface area contributed by atoms with Crippen LogP contribution in [0.3, 0.4) is 0 Å². The van der Waals surface area contributed by atoms with E-state index >= 15 is 0 Å². The lowest BCUT2D eigenvalue weighted by Crippen LogP contribution is -2.27. The Labute approximate surface area is 118 Å².